The fraction of sp³-hybridized carbons (Fsp3) is 0.444. The molecule has 8 nitrogen and oxygen atoms in total. The Morgan fingerprint density at radius 3 is 2.64 bits per heavy atom. The Labute approximate surface area is 172 Å². The summed E-state index contributed by atoms with van der Waals surface area (Å²) in [6, 6.07) is 0. The molecule has 0 unspecified atom stereocenters. The van der Waals surface area contributed by atoms with Gasteiger partial charge in [0.15, 0.2) is 5.11 Å². The van der Waals surface area contributed by atoms with Gasteiger partial charge in [-0.25, -0.2) is 4.79 Å². The molecular formula is C18H23N5O3S2. The van der Waals surface area contributed by atoms with Crippen LogP contribution >= 0.6 is 23.6 Å². The van der Waals surface area contributed by atoms with Crippen LogP contribution in [0.5, 0.6) is 0 Å². The molecule has 3 rings (SSSR count). The lowest BCUT2D eigenvalue weighted by Crippen LogP contribution is -2.23. The van der Waals surface area contributed by atoms with E-state index in [9.17, 15) is 9.59 Å². The zero-order valence-electron chi connectivity index (χ0n) is 15.8. The van der Waals surface area contributed by atoms with E-state index >= 15 is 0 Å². The monoisotopic (exact) mass is 421 g/mol. The van der Waals surface area contributed by atoms with E-state index in [0.29, 0.717) is 16.3 Å². The van der Waals surface area contributed by atoms with Crippen LogP contribution in [-0.4, -0.2) is 33.9 Å². The van der Waals surface area contributed by atoms with Crippen molar-refractivity contribution < 1.29 is 14.3 Å². The van der Waals surface area contributed by atoms with Crippen molar-refractivity contribution in [3.05, 3.63) is 27.9 Å². The van der Waals surface area contributed by atoms with E-state index in [1.807, 2.05) is 0 Å². The topological polar surface area (TPSA) is 111 Å². The highest BCUT2D eigenvalue weighted by Crippen LogP contribution is 2.37. The highest BCUT2D eigenvalue weighted by atomic mass is 32.1. The van der Waals surface area contributed by atoms with Crippen molar-refractivity contribution in [2.24, 2.45) is 12.8 Å². The van der Waals surface area contributed by atoms with E-state index in [1.165, 1.54) is 40.6 Å². The first kappa shape index (κ1) is 20.3. The van der Waals surface area contributed by atoms with E-state index in [-0.39, 0.29) is 16.8 Å². The fourth-order valence-electron chi connectivity index (χ4n) is 3.40. The summed E-state index contributed by atoms with van der Waals surface area (Å²) in [7, 11) is 3.00. The predicted molar refractivity (Wildman–Crippen MR) is 113 cm³/mol. The van der Waals surface area contributed by atoms with E-state index < -0.39 is 5.91 Å². The van der Waals surface area contributed by atoms with Gasteiger partial charge in [-0.1, -0.05) is 12.8 Å². The molecule has 0 spiro atoms. The van der Waals surface area contributed by atoms with Gasteiger partial charge in [-0.3, -0.25) is 9.48 Å². The van der Waals surface area contributed by atoms with Crippen molar-refractivity contribution in [3.8, 4) is 0 Å². The van der Waals surface area contributed by atoms with Crippen LogP contribution in [0.4, 0.5) is 10.7 Å². The molecule has 0 aromatic carbocycles. The lowest BCUT2D eigenvalue weighted by molar-refractivity contribution is 0.0601. The molecule has 0 bridgehead atoms. The number of nitrogens with one attached hydrogen (secondary N) is 2. The molecule has 28 heavy (non-hydrogen) atoms. The van der Waals surface area contributed by atoms with Crippen molar-refractivity contribution in [2.75, 3.05) is 17.7 Å². The number of primary amides is 1. The number of carbonyl (C=O) groups excluding carboxylic acids is 2. The van der Waals surface area contributed by atoms with Crippen molar-refractivity contribution in [3.63, 3.8) is 0 Å². The van der Waals surface area contributed by atoms with Gasteiger partial charge in [0.05, 0.1) is 24.6 Å². The van der Waals surface area contributed by atoms with Crippen molar-refractivity contribution in [2.45, 2.75) is 38.5 Å². The van der Waals surface area contributed by atoms with Crippen LogP contribution in [0.2, 0.25) is 0 Å². The first-order valence-corrected chi connectivity index (χ1v) is 10.3. The molecule has 10 heteroatoms. The molecule has 4 N–H and O–H groups in total. The Bertz CT molecular complexity index is 919. The first-order chi connectivity index (χ1) is 13.4. The van der Waals surface area contributed by atoms with E-state index in [0.717, 1.165) is 37.7 Å². The van der Waals surface area contributed by atoms with E-state index in [1.54, 1.807) is 7.05 Å². The van der Waals surface area contributed by atoms with Gasteiger partial charge in [0.2, 0.25) is 0 Å². The quantitative estimate of drug-likeness (QED) is 0.514. The minimum absolute atomic E-state index is 0.218. The number of ether oxygens (including phenoxy) is 1. The van der Waals surface area contributed by atoms with Gasteiger partial charge in [-0.2, -0.15) is 5.10 Å². The summed E-state index contributed by atoms with van der Waals surface area (Å²) >= 11 is 6.92. The lowest BCUT2D eigenvalue weighted by Gasteiger charge is -2.12. The first-order valence-electron chi connectivity index (χ1n) is 9.05. The smallest absolute Gasteiger partial charge is 0.341 e. The molecule has 1 amide bonds. The third kappa shape index (κ3) is 4.17. The molecule has 0 fully saturated rings. The Morgan fingerprint density at radius 2 is 1.96 bits per heavy atom. The zero-order chi connectivity index (χ0) is 20.3. The van der Waals surface area contributed by atoms with Crippen molar-refractivity contribution in [1.29, 1.82) is 0 Å². The minimum atomic E-state index is -0.611. The maximum atomic E-state index is 12.5. The highest BCUT2D eigenvalue weighted by Gasteiger charge is 2.25. The van der Waals surface area contributed by atoms with Gasteiger partial charge in [-0.15, -0.1) is 11.3 Å². The minimum Gasteiger partial charge on any atom is -0.465 e. The van der Waals surface area contributed by atoms with Gasteiger partial charge in [-0.05, 0) is 43.5 Å². The number of hydrogen-bond acceptors (Lipinski definition) is 6. The molecule has 1 aliphatic rings. The van der Waals surface area contributed by atoms with Crippen LogP contribution in [0.15, 0.2) is 6.20 Å². The maximum absolute atomic E-state index is 12.5. The molecule has 2 aromatic rings. The Balaban J connectivity index is 1.87. The van der Waals surface area contributed by atoms with Gasteiger partial charge in [0.25, 0.3) is 5.91 Å². The number of carbonyl (C=O) groups is 2. The fourth-order valence-corrected chi connectivity index (χ4v) is 4.96. The number of aryl methyl sites for hydroxylation is 2. The second-order valence-corrected chi connectivity index (χ2v) is 8.10. The molecule has 1 aliphatic carbocycles. The maximum Gasteiger partial charge on any atom is 0.341 e. The summed E-state index contributed by atoms with van der Waals surface area (Å²) in [5.41, 5.74) is 7.63. The standard InChI is InChI=1S/C18H23N5O3S2/c1-23-14(15(19)24)11(9-20-23)21-18(27)22-16-13(17(25)26-2)10-7-5-3-4-6-8-12(10)28-16/h9H,3-8H2,1-2H3,(H2,19,24)(H2,21,22,27). The number of anilines is 2. The van der Waals surface area contributed by atoms with Crippen LogP contribution < -0.4 is 16.4 Å². The number of nitrogens with zero attached hydrogens (tertiary/aromatic N) is 2. The summed E-state index contributed by atoms with van der Waals surface area (Å²) in [5.74, 6) is -0.984. The number of hydrogen-bond donors (Lipinski definition) is 3. The highest BCUT2D eigenvalue weighted by molar-refractivity contribution is 7.80. The molecule has 0 atom stereocenters. The van der Waals surface area contributed by atoms with Gasteiger partial charge in [0.1, 0.15) is 10.7 Å². The second kappa shape index (κ2) is 8.70. The summed E-state index contributed by atoms with van der Waals surface area (Å²) in [6.07, 6.45) is 7.79. The number of methoxy groups -OCH3 is 1. The van der Waals surface area contributed by atoms with Crippen LogP contribution in [0, 0.1) is 0 Å². The van der Waals surface area contributed by atoms with Crippen LogP contribution in [0.25, 0.3) is 0 Å². The normalized spacial score (nSPS) is 13.8. The number of fused-ring (bicyclic) bond motifs is 1. The Morgan fingerprint density at radius 1 is 1.25 bits per heavy atom. The summed E-state index contributed by atoms with van der Waals surface area (Å²) in [5, 5.41) is 11.0. The number of rotatable bonds is 4. The van der Waals surface area contributed by atoms with Gasteiger partial charge in [0, 0.05) is 11.9 Å². The molecule has 0 aliphatic heterocycles. The largest absolute Gasteiger partial charge is 0.465 e. The van der Waals surface area contributed by atoms with Crippen molar-refractivity contribution in [1.82, 2.24) is 9.78 Å². The summed E-state index contributed by atoms with van der Waals surface area (Å²) in [4.78, 5) is 25.3. The number of thiophene rings is 1. The van der Waals surface area contributed by atoms with Gasteiger partial charge < -0.3 is 21.1 Å². The average Bonchev–Trinajstić information content (AvgIpc) is 3.14. The number of amides is 1. The van der Waals surface area contributed by atoms with Gasteiger partial charge >= 0.3 is 5.97 Å². The number of esters is 1. The Hall–Kier alpha value is -2.46. The third-order valence-corrected chi connectivity index (χ3v) is 6.12. The zero-order valence-corrected chi connectivity index (χ0v) is 17.5. The molecule has 2 aromatic heterocycles. The van der Waals surface area contributed by atoms with Crippen LogP contribution in [0.1, 0.15) is 57.0 Å². The molecule has 2 heterocycles. The number of thiocarbonyl (C=S) groups is 1. The third-order valence-electron chi connectivity index (χ3n) is 4.71. The molecular weight excluding hydrogens is 398 g/mol. The molecule has 0 saturated heterocycles. The lowest BCUT2D eigenvalue weighted by atomic mass is 9.96. The van der Waals surface area contributed by atoms with Crippen LogP contribution in [-0.2, 0) is 24.6 Å². The Kier molecular flexibility index (Phi) is 6.30. The number of nitrogens with two attached hydrogens (primary N) is 1. The predicted octanol–water partition coefficient (Wildman–Crippen LogP) is 2.84. The van der Waals surface area contributed by atoms with E-state index in [4.69, 9.17) is 22.7 Å². The SMILES string of the molecule is COC(=O)c1c(NC(=S)Nc2cnn(C)c2C(N)=O)sc2c1CCCCCC2. The molecule has 0 saturated carbocycles. The summed E-state index contributed by atoms with van der Waals surface area (Å²) < 4.78 is 6.40. The van der Waals surface area contributed by atoms with E-state index in [2.05, 4.69) is 15.7 Å². The summed E-state index contributed by atoms with van der Waals surface area (Å²) in [6.45, 7) is 0. The van der Waals surface area contributed by atoms with Crippen LogP contribution in [0.3, 0.4) is 0 Å². The molecule has 150 valence electrons. The average molecular weight is 422 g/mol. The number of aromatic nitrogens is 2. The van der Waals surface area contributed by atoms with Crippen molar-refractivity contribution >= 4 is 51.2 Å². The second-order valence-electron chi connectivity index (χ2n) is 6.59. The molecule has 0 radical (unpaired) electrons.